The number of carbonyl (C=O) groups excluding carboxylic acids is 1. The monoisotopic (exact) mass is 184 g/mol. The highest BCUT2D eigenvalue weighted by molar-refractivity contribution is 5.80. The van der Waals surface area contributed by atoms with Crippen LogP contribution in [0.15, 0.2) is 0 Å². The van der Waals surface area contributed by atoms with Crippen LogP contribution in [0.2, 0.25) is 0 Å². The maximum Gasteiger partial charge on any atom is 0.227 e. The minimum Gasteiger partial charge on any atom is -0.375 e. The number of hydrogen-bond donors (Lipinski definition) is 1. The van der Waals surface area contributed by atoms with E-state index in [2.05, 4.69) is 5.32 Å². The van der Waals surface area contributed by atoms with Gasteiger partial charge in [0, 0.05) is 26.7 Å². The van der Waals surface area contributed by atoms with Crippen LogP contribution in [-0.2, 0) is 9.53 Å². The minimum absolute atomic E-state index is 0.116. The van der Waals surface area contributed by atoms with E-state index in [1.165, 1.54) is 0 Å². The van der Waals surface area contributed by atoms with Crippen molar-refractivity contribution >= 4 is 5.91 Å². The first kappa shape index (κ1) is 8.97. The van der Waals surface area contributed by atoms with E-state index < -0.39 is 0 Å². The molecule has 74 valence electrons. The van der Waals surface area contributed by atoms with Gasteiger partial charge in [-0.1, -0.05) is 0 Å². The number of ether oxygens (including phenoxy) is 1. The second kappa shape index (κ2) is 3.64. The molecule has 4 heteroatoms. The second-order valence-corrected chi connectivity index (χ2v) is 3.86. The van der Waals surface area contributed by atoms with Crippen LogP contribution in [0.3, 0.4) is 0 Å². The first-order valence-electron chi connectivity index (χ1n) is 4.84. The van der Waals surface area contributed by atoms with Crippen LogP contribution in [-0.4, -0.2) is 50.2 Å². The average Bonchev–Trinajstić information content (AvgIpc) is 2.33. The van der Waals surface area contributed by atoms with Crippen molar-refractivity contribution in [1.82, 2.24) is 10.2 Å². The van der Waals surface area contributed by atoms with E-state index in [-0.39, 0.29) is 11.8 Å². The number of likely N-dealkylation sites (tertiary alicyclic amines) is 1. The van der Waals surface area contributed by atoms with Crippen LogP contribution >= 0.6 is 0 Å². The van der Waals surface area contributed by atoms with Gasteiger partial charge in [0.05, 0.1) is 18.6 Å². The molecule has 1 unspecified atom stereocenters. The molecule has 2 rings (SSSR count). The van der Waals surface area contributed by atoms with Gasteiger partial charge in [0.25, 0.3) is 0 Å². The molecule has 2 heterocycles. The van der Waals surface area contributed by atoms with E-state index in [1.54, 1.807) is 4.90 Å². The fourth-order valence-electron chi connectivity index (χ4n) is 1.68. The third kappa shape index (κ3) is 1.84. The Balaban J connectivity index is 1.72. The van der Waals surface area contributed by atoms with Crippen molar-refractivity contribution < 1.29 is 9.53 Å². The fraction of sp³-hybridized carbons (Fsp3) is 0.889. The van der Waals surface area contributed by atoms with Crippen LogP contribution in [0.25, 0.3) is 0 Å². The summed E-state index contributed by atoms with van der Waals surface area (Å²) in [6.45, 7) is 3.37. The molecule has 1 N–H and O–H groups in total. The summed E-state index contributed by atoms with van der Waals surface area (Å²) in [7, 11) is 1.85. The van der Waals surface area contributed by atoms with E-state index in [0.29, 0.717) is 12.7 Å². The smallest absolute Gasteiger partial charge is 0.227 e. The molecule has 1 amide bonds. The van der Waals surface area contributed by atoms with Crippen LogP contribution in [0.5, 0.6) is 0 Å². The summed E-state index contributed by atoms with van der Waals surface area (Å²) >= 11 is 0. The van der Waals surface area contributed by atoms with E-state index in [1.807, 2.05) is 7.05 Å². The Bertz CT molecular complexity index is 204. The molecule has 2 aliphatic heterocycles. The SMILES string of the molecule is CN1CCC(COC2CNC2)C1=O. The molecule has 0 saturated carbocycles. The van der Waals surface area contributed by atoms with Gasteiger partial charge in [0.1, 0.15) is 0 Å². The van der Waals surface area contributed by atoms with Crippen molar-refractivity contribution in [2.75, 3.05) is 33.3 Å². The van der Waals surface area contributed by atoms with Gasteiger partial charge in [-0.05, 0) is 6.42 Å². The van der Waals surface area contributed by atoms with Crippen molar-refractivity contribution in [3.8, 4) is 0 Å². The molecule has 0 aromatic rings. The highest BCUT2D eigenvalue weighted by Crippen LogP contribution is 2.17. The van der Waals surface area contributed by atoms with Crippen molar-refractivity contribution in [3.63, 3.8) is 0 Å². The number of hydrogen-bond acceptors (Lipinski definition) is 3. The highest BCUT2D eigenvalue weighted by Gasteiger charge is 2.30. The topological polar surface area (TPSA) is 41.6 Å². The third-order valence-corrected chi connectivity index (χ3v) is 2.82. The first-order valence-corrected chi connectivity index (χ1v) is 4.84. The van der Waals surface area contributed by atoms with E-state index >= 15 is 0 Å². The van der Waals surface area contributed by atoms with Crippen LogP contribution in [0, 0.1) is 5.92 Å². The van der Waals surface area contributed by atoms with Gasteiger partial charge in [-0.3, -0.25) is 4.79 Å². The van der Waals surface area contributed by atoms with Gasteiger partial charge in [0.2, 0.25) is 5.91 Å². The zero-order valence-electron chi connectivity index (χ0n) is 7.95. The largest absolute Gasteiger partial charge is 0.375 e. The van der Waals surface area contributed by atoms with Crippen LogP contribution < -0.4 is 5.32 Å². The van der Waals surface area contributed by atoms with Crippen molar-refractivity contribution in [2.45, 2.75) is 12.5 Å². The maximum atomic E-state index is 11.5. The Kier molecular flexibility index (Phi) is 2.51. The lowest BCUT2D eigenvalue weighted by molar-refractivity contribution is -0.132. The molecule has 2 aliphatic rings. The lowest BCUT2D eigenvalue weighted by Gasteiger charge is -2.28. The fourth-order valence-corrected chi connectivity index (χ4v) is 1.68. The quantitative estimate of drug-likeness (QED) is 0.640. The number of nitrogens with one attached hydrogen (secondary N) is 1. The molecule has 1 atom stereocenters. The maximum absolute atomic E-state index is 11.5. The van der Waals surface area contributed by atoms with Gasteiger partial charge >= 0.3 is 0 Å². The Morgan fingerprint density at radius 1 is 1.62 bits per heavy atom. The van der Waals surface area contributed by atoms with Gasteiger partial charge in [-0.25, -0.2) is 0 Å². The minimum atomic E-state index is 0.116. The molecule has 0 bridgehead atoms. The molecule has 13 heavy (non-hydrogen) atoms. The lowest BCUT2D eigenvalue weighted by atomic mass is 10.1. The molecule has 0 aromatic carbocycles. The summed E-state index contributed by atoms with van der Waals surface area (Å²) in [5, 5.41) is 3.14. The molecular formula is C9H16N2O2. The average molecular weight is 184 g/mol. The number of carbonyl (C=O) groups is 1. The summed E-state index contributed by atoms with van der Waals surface area (Å²) in [4.78, 5) is 13.2. The number of rotatable bonds is 3. The van der Waals surface area contributed by atoms with Gasteiger partial charge in [-0.15, -0.1) is 0 Å². The highest BCUT2D eigenvalue weighted by atomic mass is 16.5. The zero-order valence-corrected chi connectivity index (χ0v) is 7.95. The lowest BCUT2D eigenvalue weighted by Crippen LogP contribution is -2.49. The first-order chi connectivity index (χ1) is 6.27. The second-order valence-electron chi connectivity index (χ2n) is 3.86. The van der Waals surface area contributed by atoms with Gasteiger partial charge in [-0.2, -0.15) is 0 Å². The molecule has 0 radical (unpaired) electrons. The standard InChI is InChI=1S/C9H16N2O2/c1-11-3-2-7(9(11)12)6-13-8-4-10-5-8/h7-8,10H,2-6H2,1H3. The summed E-state index contributed by atoms with van der Waals surface area (Å²) in [5.41, 5.74) is 0. The van der Waals surface area contributed by atoms with Crippen molar-refractivity contribution in [3.05, 3.63) is 0 Å². The van der Waals surface area contributed by atoms with Gasteiger partial charge < -0.3 is 15.0 Å². The van der Waals surface area contributed by atoms with Gasteiger partial charge in [0.15, 0.2) is 0 Å². The third-order valence-electron chi connectivity index (χ3n) is 2.82. The number of nitrogens with zero attached hydrogens (tertiary/aromatic N) is 1. The Labute approximate surface area is 78.2 Å². The Morgan fingerprint density at radius 2 is 2.38 bits per heavy atom. The molecule has 4 nitrogen and oxygen atoms in total. The van der Waals surface area contributed by atoms with E-state index in [4.69, 9.17) is 4.74 Å². The molecule has 2 saturated heterocycles. The summed E-state index contributed by atoms with van der Waals surface area (Å²) in [6, 6.07) is 0. The molecular weight excluding hydrogens is 168 g/mol. The summed E-state index contributed by atoms with van der Waals surface area (Å²) in [5.74, 6) is 0.359. The molecule has 0 aromatic heterocycles. The Hall–Kier alpha value is -0.610. The van der Waals surface area contributed by atoms with Crippen LogP contribution in [0.1, 0.15) is 6.42 Å². The molecule has 0 spiro atoms. The summed E-state index contributed by atoms with van der Waals surface area (Å²) < 4.78 is 5.57. The predicted molar refractivity (Wildman–Crippen MR) is 48.4 cm³/mol. The predicted octanol–water partition coefficient (Wildman–Crippen LogP) is -0.547. The van der Waals surface area contributed by atoms with E-state index in [0.717, 1.165) is 26.1 Å². The van der Waals surface area contributed by atoms with E-state index in [9.17, 15) is 4.79 Å². The summed E-state index contributed by atoms with van der Waals surface area (Å²) in [6.07, 6.45) is 1.30. The van der Waals surface area contributed by atoms with Crippen molar-refractivity contribution in [1.29, 1.82) is 0 Å². The zero-order chi connectivity index (χ0) is 9.26. The molecule has 2 fully saturated rings. The normalized spacial score (nSPS) is 29.5. The molecule has 0 aliphatic carbocycles. The Morgan fingerprint density at radius 3 is 2.85 bits per heavy atom. The van der Waals surface area contributed by atoms with Crippen LogP contribution in [0.4, 0.5) is 0 Å². The van der Waals surface area contributed by atoms with Crippen molar-refractivity contribution in [2.24, 2.45) is 5.92 Å². The number of amides is 1.